The number of benzene rings is 1. The van der Waals surface area contributed by atoms with Gasteiger partial charge in [0.2, 0.25) is 10.0 Å². The van der Waals surface area contributed by atoms with E-state index >= 15 is 0 Å². The zero-order valence-electron chi connectivity index (χ0n) is 12.8. The summed E-state index contributed by atoms with van der Waals surface area (Å²) in [6, 6.07) is 6.32. The molecule has 0 aliphatic heterocycles. The van der Waals surface area contributed by atoms with Gasteiger partial charge in [0.05, 0.1) is 4.90 Å². The van der Waals surface area contributed by atoms with Crippen LogP contribution >= 0.6 is 12.2 Å². The van der Waals surface area contributed by atoms with E-state index in [2.05, 4.69) is 4.72 Å². The lowest BCUT2D eigenvalue weighted by Gasteiger charge is -2.25. The first kappa shape index (κ1) is 18.0. The molecule has 7 heteroatoms. The smallest absolute Gasteiger partial charge is 0.241 e. The van der Waals surface area contributed by atoms with Gasteiger partial charge in [-0.3, -0.25) is 0 Å². The Kier molecular flexibility index (Phi) is 6.27. The van der Waals surface area contributed by atoms with Crippen LogP contribution in [0.1, 0.15) is 19.4 Å². The van der Waals surface area contributed by atoms with Gasteiger partial charge in [0, 0.05) is 18.2 Å². The molecule has 0 fully saturated rings. The molecule has 0 saturated carbocycles. The van der Waals surface area contributed by atoms with Crippen LogP contribution in [0.15, 0.2) is 29.2 Å². The van der Waals surface area contributed by atoms with Crippen molar-refractivity contribution >= 4 is 27.2 Å². The molecule has 0 amide bonds. The summed E-state index contributed by atoms with van der Waals surface area (Å²) in [5.41, 5.74) is 5.98. The molecule has 1 rings (SSSR count). The van der Waals surface area contributed by atoms with Crippen molar-refractivity contribution in [3.8, 4) is 0 Å². The number of sulfonamides is 1. The van der Waals surface area contributed by atoms with Crippen molar-refractivity contribution in [2.75, 3.05) is 20.6 Å². The summed E-state index contributed by atoms with van der Waals surface area (Å²) >= 11 is 4.93. The third-order valence-corrected chi connectivity index (χ3v) is 4.88. The Hall–Kier alpha value is -1.02. The molecule has 0 saturated heterocycles. The SMILES string of the molecule is CC(C)C(CN(C)C)NS(=O)(=O)c1ccccc1C(N)=S. The van der Waals surface area contributed by atoms with Crippen molar-refractivity contribution in [3.05, 3.63) is 29.8 Å². The average Bonchev–Trinajstić information content (AvgIpc) is 2.37. The lowest BCUT2D eigenvalue weighted by atomic mass is 10.1. The second kappa shape index (κ2) is 7.31. The fourth-order valence-corrected chi connectivity index (χ4v) is 3.78. The minimum atomic E-state index is -3.67. The van der Waals surface area contributed by atoms with E-state index in [9.17, 15) is 8.42 Å². The largest absolute Gasteiger partial charge is 0.389 e. The van der Waals surface area contributed by atoms with Crippen molar-refractivity contribution in [1.29, 1.82) is 0 Å². The predicted octanol–water partition coefficient (Wildman–Crippen LogP) is 1.19. The minimum Gasteiger partial charge on any atom is -0.389 e. The number of nitrogens with one attached hydrogen (secondary N) is 1. The summed E-state index contributed by atoms with van der Waals surface area (Å²) < 4.78 is 28.0. The Morgan fingerprint density at radius 3 is 2.38 bits per heavy atom. The first-order valence-corrected chi connectivity index (χ1v) is 8.60. The predicted molar refractivity (Wildman–Crippen MR) is 89.8 cm³/mol. The van der Waals surface area contributed by atoms with Crippen molar-refractivity contribution in [2.45, 2.75) is 24.8 Å². The molecule has 0 radical (unpaired) electrons. The molecule has 1 unspecified atom stereocenters. The first-order chi connectivity index (χ1) is 9.65. The van der Waals surface area contributed by atoms with Crippen molar-refractivity contribution in [3.63, 3.8) is 0 Å². The summed E-state index contributed by atoms with van der Waals surface area (Å²) in [6.07, 6.45) is 0. The molecule has 0 heterocycles. The van der Waals surface area contributed by atoms with E-state index in [-0.39, 0.29) is 21.8 Å². The Morgan fingerprint density at radius 1 is 1.33 bits per heavy atom. The maximum atomic E-state index is 12.6. The van der Waals surface area contributed by atoms with Crippen molar-refractivity contribution < 1.29 is 8.42 Å². The van der Waals surface area contributed by atoms with Gasteiger partial charge in [-0.1, -0.05) is 44.3 Å². The standard InChI is InChI=1S/C14H23N3O2S2/c1-10(2)12(9-17(3)4)16-21(18,19)13-8-6-5-7-11(13)14(15)20/h5-8,10,12,16H,9H2,1-4H3,(H2,15,20). The molecular formula is C14H23N3O2S2. The minimum absolute atomic E-state index is 0.0738. The second-order valence-corrected chi connectivity index (χ2v) is 7.72. The monoisotopic (exact) mass is 329 g/mol. The Morgan fingerprint density at radius 2 is 1.90 bits per heavy atom. The number of hydrogen-bond acceptors (Lipinski definition) is 4. The van der Waals surface area contributed by atoms with Crippen LogP contribution in [0.25, 0.3) is 0 Å². The number of rotatable bonds is 7. The molecular weight excluding hydrogens is 306 g/mol. The summed E-state index contributed by atoms with van der Waals surface area (Å²) in [6.45, 7) is 4.58. The van der Waals surface area contributed by atoms with Crippen LogP contribution in [0.3, 0.4) is 0 Å². The maximum Gasteiger partial charge on any atom is 0.241 e. The number of nitrogens with two attached hydrogens (primary N) is 1. The molecule has 5 nitrogen and oxygen atoms in total. The highest BCUT2D eigenvalue weighted by atomic mass is 32.2. The van der Waals surface area contributed by atoms with Crippen LogP contribution in [0, 0.1) is 5.92 Å². The fraction of sp³-hybridized carbons (Fsp3) is 0.500. The van der Waals surface area contributed by atoms with E-state index in [0.717, 1.165) is 0 Å². The highest BCUT2D eigenvalue weighted by molar-refractivity contribution is 7.89. The van der Waals surface area contributed by atoms with E-state index in [1.54, 1.807) is 18.2 Å². The van der Waals surface area contributed by atoms with Gasteiger partial charge < -0.3 is 10.6 Å². The number of likely N-dealkylation sites (N-methyl/N-ethyl adjacent to an activating group) is 1. The quantitative estimate of drug-likeness (QED) is 0.735. The van der Waals surface area contributed by atoms with Gasteiger partial charge in [-0.2, -0.15) is 0 Å². The van der Waals surface area contributed by atoms with Gasteiger partial charge in [-0.25, -0.2) is 13.1 Å². The molecule has 0 aliphatic rings. The van der Waals surface area contributed by atoms with Gasteiger partial charge in [-0.15, -0.1) is 0 Å². The zero-order chi connectivity index (χ0) is 16.2. The normalized spacial score (nSPS) is 13.6. The van der Waals surface area contributed by atoms with Crippen molar-refractivity contribution in [1.82, 2.24) is 9.62 Å². The molecule has 1 aromatic rings. The molecule has 0 aromatic heterocycles. The highest BCUT2D eigenvalue weighted by Gasteiger charge is 2.25. The van der Waals surface area contributed by atoms with Gasteiger partial charge in [0.1, 0.15) is 4.99 Å². The fourth-order valence-electron chi connectivity index (χ4n) is 1.94. The van der Waals surface area contributed by atoms with Crippen LogP contribution in [0.5, 0.6) is 0 Å². The van der Waals surface area contributed by atoms with Crippen LogP contribution in [-0.2, 0) is 10.0 Å². The third kappa shape index (κ3) is 5.03. The van der Waals surface area contributed by atoms with Gasteiger partial charge in [0.25, 0.3) is 0 Å². The molecule has 1 aromatic carbocycles. The molecule has 3 N–H and O–H groups in total. The van der Waals surface area contributed by atoms with Gasteiger partial charge in [0.15, 0.2) is 0 Å². The molecule has 0 spiro atoms. The lowest BCUT2D eigenvalue weighted by Crippen LogP contribution is -2.45. The average molecular weight is 329 g/mol. The molecule has 0 bridgehead atoms. The van der Waals surface area contributed by atoms with Crippen LogP contribution in [0.2, 0.25) is 0 Å². The first-order valence-electron chi connectivity index (χ1n) is 6.71. The molecule has 118 valence electrons. The highest BCUT2D eigenvalue weighted by Crippen LogP contribution is 2.17. The van der Waals surface area contributed by atoms with E-state index in [0.29, 0.717) is 12.1 Å². The summed E-state index contributed by atoms with van der Waals surface area (Å²) in [5, 5.41) is 0. The lowest BCUT2D eigenvalue weighted by molar-refractivity contribution is 0.314. The Labute approximate surface area is 132 Å². The summed E-state index contributed by atoms with van der Waals surface area (Å²) in [4.78, 5) is 2.15. The molecule has 0 aliphatic carbocycles. The van der Waals surface area contributed by atoms with Crippen LogP contribution in [0.4, 0.5) is 0 Å². The third-order valence-electron chi connectivity index (χ3n) is 3.12. The zero-order valence-corrected chi connectivity index (χ0v) is 14.5. The van der Waals surface area contributed by atoms with E-state index in [4.69, 9.17) is 18.0 Å². The summed E-state index contributed by atoms with van der Waals surface area (Å²) in [5.74, 6) is 0.166. The van der Waals surface area contributed by atoms with Gasteiger partial charge in [-0.05, 0) is 26.1 Å². The van der Waals surface area contributed by atoms with E-state index < -0.39 is 10.0 Å². The Bertz CT molecular complexity index is 598. The van der Waals surface area contributed by atoms with Gasteiger partial charge >= 0.3 is 0 Å². The van der Waals surface area contributed by atoms with Crippen LogP contribution in [-0.4, -0.2) is 45.0 Å². The summed E-state index contributed by atoms with van der Waals surface area (Å²) in [7, 11) is 0.149. The Balaban J connectivity index is 3.14. The van der Waals surface area contributed by atoms with E-state index in [1.165, 1.54) is 6.07 Å². The topological polar surface area (TPSA) is 75.4 Å². The number of hydrogen-bond donors (Lipinski definition) is 2. The maximum absolute atomic E-state index is 12.6. The second-order valence-electron chi connectivity index (χ2n) is 5.59. The molecule has 21 heavy (non-hydrogen) atoms. The van der Waals surface area contributed by atoms with Crippen LogP contribution < -0.4 is 10.5 Å². The number of thiocarbonyl (C=S) groups is 1. The number of nitrogens with zero attached hydrogens (tertiary/aromatic N) is 1. The van der Waals surface area contributed by atoms with E-state index in [1.807, 2.05) is 32.8 Å². The molecule has 1 atom stereocenters. The van der Waals surface area contributed by atoms with Crippen molar-refractivity contribution in [2.24, 2.45) is 11.7 Å².